The van der Waals surface area contributed by atoms with Crippen molar-refractivity contribution in [3.63, 3.8) is 0 Å². The molecule has 0 atom stereocenters. The van der Waals surface area contributed by atoms with E-state index in [0.717, 1.165) is 37.4 Å². The van der Waals surface area contributed by atoms with Gasteiger partial charge in [-0.15, -0.1) is 0 Å². The second-order valence-corrected chi connectivity index (χ2v) is 6.79. The van der Waals surface area contributed by atoms with Crippen molar-refractivity contribution in [1.82, 2.24) is 9.88 Å². The number of hydrogen-bond donors (Lipinski definition) is 0. The van der Waals surface area contributed by atoms with Gasteiger partial charge in [-0.1, -0.05) is 26.7 Å². The number of unbranched alkanes of at least 4 members (excludes halogenated alkanes) is 3. The number of esters is 1. The van der Waals surface area contributed by atoms with Crippen molar-refractivity contribution < 1.29 is 14.3 Å². The number of carbonyl (C=O) groups excluding carboxylic acids is 1. The minimum Gasteiger partial charge on any atom is -0.497 e. The number of nitrogens with zero attached hydrogens (tertiary/aromatic N) is 2. The zero-order chi connectivity index (χ0) is 20.2. The molecule has 5 heteroatoms. The van der Waals surface area contributed by atoms with Gasteiger partial charge >= 0.3 is 5.97 Å². The largest absolute Gasteiger partial charge is 0.497 e. The van der Waals surface area contributed by atoms with Gasteiger partial charge in [0, 0.05) is 11.9 Å². The van der Waals surface area contributed by atoms with Gasteiger partial charge in [0.05, 0.1) is 12.7 Å². The van der Waals surface area contributed by atoms with Crippen LogP contribution < -0.4 is 9.47 Å². The van der Waals surface area contributed by atoms with Crippen LogP contribution in [0.15, 0.2) is 42.6 Å². The highest BCUT2D eigenvalue weighted by Gasteiger charge is 2.10. The van der Waals surface area contributed by atoms with Gasteiger partial charge in [0.15, 0.2) is 0 Å². The van der Waals surface area contributed by atoms with E-state index in [1.807, 2.05) is 6.07 Å². The van der Waals surface area contributed by atoms with Crippen molar-refractivity contribution in [3.05, 3.63) is 53.9 Å². The molecule has 2 rings (SSSR count). The predicted molar refractivity (Wildman–Crippen MR) is 112 cm³/mol. The minimum absolute atomic E-state index is 0.368. The van der Waals surface area contributed by atoms with Crippen molar-refractivity contribution in [2.24, 2.45) is 0 Å². The topological polar surface area (TPSA) is 51.7 Å². The molecule has 0 radical (unpaired) electrons. The monoisotopic (exact) mass is 384 g/mol. The first kappa shape index (κ1) is 21.9. The van der Waals surface area contributed by atoms with Crippen LogP contribution in [-0.2, 0) is 6.42 Å². The number of aromatic nitrogens is 1. The molecular weight excluding hydrogens is 352 g/mol. The highest BCUT2D eigenvalue weighted by Crippen LogP contribution is 2.18. The summed E-state index contributed by atoms with van der Waals surface area (Å²) in [6.07, 6.45) is 7.31. The van der Waals surface area contributed by atoms with Gasteiger partial charge in [-0.2, -0.15) is 0 Å². The van der Waals surface area contributed by atoms with Crippen LogP contribution in [-0.4, -0.2) is 42.6 Å². The smallest absolute Gasteiger partial charge is 0.343 e. The Morgan fingerprint density at radius 1 is 0.964 bits per heavy atom. The molecule has 0 aliphatic carbocycles. The Balaban J connectivity index is 1.77. The lowest BCUT2D eigenvalue weighted by atomic mass is 10.1. The molecule has 0 saturated heterocycles. The van der Waals surface area contributed by atoms with Crippen molar-refractivity contribution in [1.29, 1.82) is 0 Å². The molecule has 28 heavy (non-hydrogen) atoms. The van der Waals surface area contributed by atoms with Crippen molar-refractivity contribution in [3.8, 4) is 11.5 Å². The fraction of sp³-hybridized carbons (Fsp3) is 0.478. The van der Waals surface area contributed by atoms with Crippen LogP contribution in [0.25, 0.3) is 0 Å². The highest BCUT2D eigenvalue weighted by atomic mass is 16.5. The van der Waals surface area contributed by atoms with Crippen LogP contribution >= 0.6 is 0 Å². The summed E-state index contributed by atoms with van der Waals surface area (Å²) in [5.74, 6) is 0.855. The maximum absolute atomic E-state index is 12.4. The molecule has 0 saturated carbocycles. The molecule has 1 heterocycles. The van der Waals surface area contributed by atoms with Crippen molar-refractivity contribution >= 4 is 5.97 Å². The number of methoxy groups -OCH3 is 1. The quantitative estimate of drug-likeness (QED) is 0.300. The van der Waals surface area contributed by atoms with Crippen LogP contribution in [0.4, 0.5) is 0 Å². The van der Waals surface area contributed by atoms with Gasteiger partial charge in [-0.25, -0.2) is 4.79 Å². The minimum atomic E-state index is -0.368. The Morgan fingerprint density at radius 3 is 2.32 bits per heavy atom. The van der Waals surface area contributed by atoms with E-state index in [1.54, 1.807) is 43.6 Å². The molecule has 0 N–H and O–H groups in total. The zero-order valence-corrected chi connectivity index (χ0v) is 17.3. The van der Waals surface area contributed by atoms with Crippen LogP contribution in [0, 0.1) is 0 Å². The molecule has 0 amide bonds. The van der Waals surface area contributed by atoms with E-state index < -0.39 is 0 Å². The maximum Gasteiger partial charge on any atom is 0.343 e. The average Bonchev–Trinajstić information content (AvgIpc) is 2.74. The SMILES string of the molecule is CCN(CC)CCCCCCc1cc(C(=O)Oc2ccc(OC)cc2)ccn1. The van der Waals surface area contributed by atoms with E-state index in [4.69, 9.17) is 9.47 Å². The molecule has 0 aliphatic heterocycles. The number of pyridine rings is 1. The van der Waals surface area contributed by atoms with Crippen LogP contribution in [0.5, 0.6) is 11.5 Å². The first-order chi connectivity index (χ1) is 13.7. The standard InChI is InChI=1S/C23H32N2O3/c1-4-25(5-2)17-9-7-6-8-10-20-18-19(15-16-24-20)23(26)28-22-13-11-21(27-3)12-14-22/h11-16,18H,4-10,17H2,1-3H3. The van der Waals surface area contributed by atoms with Gasteiger partial charge in [-0.3, -0.25) is 4.98 Å². The Labute approximate surface area is 168 Å². The second kappa shape index (κ2) is 12.1. The van der Waals surface area contributed by atoms with Gasteiger partial charge in [0.2, 0.25) is 0 Å². The Hall–Kier alpha value is -2.40. The van der Waals surface area contributed by atoms with Crippen LogP contribution in [0.3, 0.4) is 0 Å². The van der Waals surface area contributed by atoms with E-state index in [2.05, 4.69) is 23.7 Å². The maximum atomic E-state index is 12.4. The summed E-state index contributed by atoms with van der Waals surface area (Å²) in [5.41, 5.74) is 1.47. The Kier molecular flexibility index (Phi) is 9.49. The normalized spacial score (nSPS) is 10.9. The van der Waals surface area contributed by atoms with Gasteiger partial charge < -0.3 is 14.4 Å². The molecule has 0 fully saturated rings. The van der Waals surface area contributed by atoms with E-state index in [9.17, 15) is 4.79 Å². The van der Waals surface area contributed by atoms with Gasteiger partial charge in [0.1, 0.15) is 11.5 Å². The summed E-state index contributed by atoms with van der Waals surface area (Å²) >= 11 is 0. The zero-order valence-electron chi connectivity index (χ0n) is 17.3. The number of carbonyl (C=O) groups is 1. The third-order valence-electron chi connectivity index (χ3n) is 4.87. The molecule has 1 aromatic heterocycles. The van der Waals surface area contributed by atoms with Crippen molar-refractivity contribution in [2.75, 3.05) is 26.7 Å². The number of aryl methyl sites for hydroxylation is 1. The Bertz CT molecular complexity index is 712. The molecular formula is C23H32N2O3. The van der Waals surface area contributed by atoms with E-state index >= 15 is 0 Å². The number of hydrogen-bond acceptors (Lipinski definition) is 5. The van der Waals surface area contributed by atoms with Crippen LogP contribution in [0.1, 0.15) is 55.6 Å². The summed E-state index contributed by atoms with van der Waals surface area (Å²) in [5, 5.41) is 0. The van der Waals surface area contributed by atoms with Gasteiger partial charge in [-0.05, 0) is 75.3 Å². The number of ether oxygens (including phenoxy) is 2. The van der Waals surface area contributed by atoms with E-state index in [-0.39, 0.29) is 5.97 Å². The lowest BCUT2D eigenvalue weighted by Crippen LogP contribution is -2.23. The van der Waals surface area contributed by atoms with Gasteiger partial charge in [0.25, 0.3) is 0 Å². The van der Waals surface area contributed by atoms with Crippen molar-refractivity contribution in [2.45, 2.75) is 46.0 Å². The molecule has 1 aromatic carbocycles. The first-order valence-corrected chi connectivity index (χ1v) is 10.2. The summed E-state index contributed by atoms with van der Waals surface area (Å²) in [4.78, 5) is 19.2. The molecule has 5 nitrogen and oxygen atoms in total. The molecule has 0 aliphatic rings. The van der Waals surface area contributed by atoms with Crippen LogP contribution in [0.2, 0.25) is 0 Å². The predicted octanol–water partition coefficient (Wildman–Crippen LogP) is 4.75. The highest BCUT2D eigenvalue weighted by molar-refractivity contribution is 5.91. The average molecular weight is 385 g/mol. The molecule has 0 unspecified atom stereocenters. The summed E-state index contributed by atoms with van der Waals surface area (Å²) < 4.78 is 10.5. The fourth-order valence-electron chi connectivity index (χ4n) is 3.09. The molecule has 152 valence electrons. The molecule has 2 aromatic rings. The van der Waals surface area contributed by atoms with E-state index in [1.165, 1.54) is 25.8 Å². The molecule has 0 bridgehead atoms. The third kappa shape index (κ3) is 7.31. The summed E-state index contributed by atoms with van der Waals surface area (Å²) in [6.45, 7) is 7.85. The van der Waals surface area contributed by atoms with E-state index in [0.29, 0.717) is 11.3 Å². The third-order valence-corrected chi connectivity index (χ3v) is 4.87. The number of rotatable bonds is 12. The lowest BCUT2D eigenvalue weighted by molar-refractivity contribution is 0.0734. The first-order valence-electron chi connectivity index (χ1n) is 10.2. The molecule has 0 spiro atoms. The summed E-state index contributed by atoms with van der Waals surface area (Å²) in [7, 11) is 1.60. The Morgan fingerprint density at radius 2 is 1.64 bits per heavy atom. The second-order valence-electron chi connectivity index (χ2n) is 6.79. The fourth-order valence-corrected chi connectivity index (χ4v) is 3.09. The summed E-state index contributed by atoms with van der Waals surface area (Å²) in [6, 6.07) is 10.5. The lowest BCUT2D eigenvalue weighted by Gasteiger charge is -2.17. The number of benzene rings is 1.